The molecule has 0 aliphatic carbocycles. The Morgan fingerprint density at radius 3 is 2.10 bits per heavy atom. The van der Waals surface area contributed by atoms with E-state index in [4.69, 9.17) is 0 Å². The molecule has 1 unspecified atom stereocenters. The van der Waals surface area contributed by atoms with E-state index in [-0.39, 0.29) is 0 Å². The van der Waals surface area contributed by atoms with Gasteiger partial charge in [-0.15, -0.1) is 0 Å². The molecular formula is C9H21N. The second-order valence-electron chi connectivity index (χ2n) is 4.22. The summed E-state index contributed by atoms with van der Waals surface area (Å²) in [5.74, 6) is 0. The van der Waals surface area contributed by atoms with Crippen LogP contribution in [-0.2, 0) is 0 Å². The molecule has 1 atom stereocenters. The number of rotatable bonds is 3. The molecule has 0 fully saturated rings. The molecule has 62 valence electrons. The van der Waals surface area contributed by atoms with Gasteiger partial charge in [-0.05, 0) is 25.3 Å². The quantitative estimate of drug-likeness (QED) is 0.640. The zero-order chi connectivity index (χ0) is 8.20. The molecule has 0 rings (SSSR count). The molecule has 0 spiro atoms. The maximum atomic E-state index is 3.40. The summed E-state index contributed by atoms with van der Waals surface area (Å²) in [5.41, 5.74) is 0.460. The molecule has 0 aromatic rings. The lowest BCUT2D eigenvalue weighted by Crippen LogP contribution is -2.29. The van der Waals surface area contributed by atoms with Crippen molar-refractivity contribution < 1.29 is 0 Å². The van der Waals surface area contributed by atoms with Crippen molar-refractivity contribution >= 4 is 0 Å². The van der Waals surface area contributed by atoms with Crippen LogP contribution in [0.3, 0.4) is 0 Å². The largest absolute Gasteiger partial charge is 0.315 e. The molecule has 0 aromatic heterocycles. The van der Waals surface area contributed by atoms with E-state index in [1.807, 2.05) is 0 Å². The Labute approximate surface area is 65.2 Å². The summed E-state index contributed by atoms with van der Waals surface area (Å²) in [6, 6.07) is 0.657. The highest BCUT2D eigenvalue weighted by Crippen LogP contribution is 2.20. The van der Waals surface area contributed by atoms with E-state index in [2.05, 4.69) is 39.9 Å². The molecule has 0 aliphatic rings. The van der Waals surface area contributed by atoms with E-state index in [1.54, 1.807) is 0 Å². The minimum Gasteiger partial charge on any atom is -0.315 e. The summed E-state index contributed by atoms with van der Waals surface area (Å²) in [6.45, 7) is 12.3. The van der Waals surface area contributed by atoms with Gasteiger partial charge in [0, 0.05) is 6.04 Å². The fourth-order valence-electron chi connectivity index (χ4n) is 1.34. The Morgan fingerprint density at radius 2 is 1.80 bits per heavy atom. The van der Waals surface area contributed by atoms with Gasteiger partial charge in [-0.1, -0.05) is 27.7 Å². The van der Waals surface area contributed by atoms with Gasteiger partial charge >= 0.3 is 0 Å². The van der Waals surface area contributed by atoms with E-state index in [1.165, 1.54) is 6.42 Å². The summed E-state index contributed by atoms with van der Waals surface area (Å²) in [6.07, 6.45) is 1.25. The molecule has 0 heterocycles. The molecule has 0 amide bonds. The molecule has 1 nitrogen and oxygen atoms in total. The van der Waals surface area contributed by atoms with Crippen LogP contribution in [0.4, 0.5) is 0 Å². The third-order valence-corrected chi connectivity index (χ3v) is 1.47. The van der Waals surface area contributed by atoms with Crippen LogP contribution in [0.2, 0.25) is 0 Å². The molecule has 0 aromatic carbocycles. The normalized spacial score (nSPS) is 15.3. The minimum atomic E-state index is 0.460. The van der Waals surface area contributed by atoms with Gasteiger partial charge in [0.1, 0.15) is 0 Å². The smallest absolute Gasteiger partial charge is 0.00435 e. The van der Waals surface area contributed by atoms with Gasteiger partial charge in [-0.25, -0.2) is 0 Å². The predicted octanol–water partition coefficient (Wildman–Crippen LogP) is 2.42. The van der Waals surface area contributed by atoms with Crippen LogP contribution in [0.5, 0.6) is 0 Å². The number of nitrogens with one attached hydrogen (secondary N) is 1. The summed E-state index contributed by atoms with van der Waals surface area (Å²) in [5, 5.41) is 3.40. The second kappa shape index (κ2) is 3.97. The average Bonchev–Trinajstić information content (AvgIpc) is 1.59. The first-order valence-corrected chi connectivity index (χ1v) is 4.19. The van der Waals surface area contributed by atoms with E-state index in [0.29, 0.717) is 11.5 Å². The van der Waals surface area contributed by atoms with Crippen LogP contribution in [0.1, 0.15) is 41.0 Å². The maximum absolute atomic E-state index is 3.40. The predicted molar refractivity (Wildman–Crippen MR) is 47.2 cm³/mol. The molecule has 1 heteroatoms. The highest BCUT2D eigenvalue weighted by Gasteiger charge is 2.13. The second-order valence-corrected chi connectivity index (χ2v) is 4.22. The van der Waals surface area contributed by atoms with Crippen molar-refractivity contribution in [3.05, 3.63) is 0 Å². The van der Waals surface area contributed by atoms with E-state index in [9.17, 15) is 0 Å². The van der Waals surface area contributed by atoms with E-state index >= 15 is 0 Å². The molecule has 10 heavy (non-hydrogen) atoms. The van der Waals surface area contributed by atoms with Crippen molar-refractivity contribution in [2.75, 3.05) is 6.54 Å². The molecule has 0 saturated carbocycles. The first kappa shape index (κ1) is 9.96. The zero-order valence-corrected chi connectivity index (χ0v) is 7.99. The van der Waals surface area contributed by atoms with Gasteiger partial charge in [-0.3, -0.25) is 0 Å². The number of hydrogen-bond acceptors (Lipinski definition) is 1. The molecule has 0 aliphatic heterocycles. The van der Waals surface area contributed by atoms with Crippen LogP contribution >= 0.6 is 0 Å². The standard InChI is InChI=1S/C9H21N/c1-6-10-8(2)7-9(3,4)5/h8,10H,6-7H2,1-5H3. The Kier molecular flexibility index (Phi) is 3.95. The van der Waals surface area contributed by atoms with Gasteiger partial charge in [0.05, 0.1) is 0 Å². The van der Waals surface area contributed by atoms with Crippen molar-refractivity contribution in [3.8, 4) is 0 Å². The van der Waals surface area contributed by atoms with Crippen molar-refractivity contribution in [1.82, 2.24) is 5.32 Å². The number of hydrogen-bond donors (Lipinski definition) is 1. The van der Waals surface area contributed by atoms with Gasteiger partial charge in [0.25, 0.3) is 0 Å². The van der Waals surface area contributed by atoms with Crippen molar-refractivity contribution in [2.24, 2.45) is 5.41 Å². The van der Waals surface area contributed by atoms with Crippen LogP contribution in [0, 0.1) is 5.41 Å². The van der Waals surface area contributed by atoms with Gasteiger partial charge < -0.3 is 5.32 Å². The Balaban J connectivity index is 3.47. The summed E-state index contributed by atoms with van der Waals surface area (Å²) in [7, 11) is 0. The summed E-state index contributed by atoms with van der Waals surface area (Å²) in [4.78, 5) is 0. The lowest BCUT2D eigenvalue weighted by Gasteiger charge is -2.23. The lowest BCUT2D eigenvalue weighted by atomic mass is 9.89. The van der Waals surface area contributed by atoms with Crippen LogP contribution in [0.25, 0.3) is 0 Å². The molecule has 0 saturated heterocycles. The van der Waals surface area contributed by atoms with Gasteiger partial charge in [-0.2, -0.15) is 0 Å². The summed E-state index contributed by atoms with van der Waals surface area (Å²) < 4.78 is 0. The first-order valence-electron chi connectivity index (χ1n) is 4.19. The Bertz CT molecular complexity index is 81.2. The van der Waals surface area contributed by atoms with Crippen LogP contribution in [0.15, 0.2) is 0 Å². The van der Waals surface area contributed by atoms with Crippen molar-refractivity contribution in [3.63, 3.8) is 0 Å². The highest BCUT2D eigenvalue weighted by atomic mass is 14.9. The Morgan fingerprint density at radius 1 is 1.30 bits per heavy atom. The first-order chi connectivity index (χ1) is 4.45. The topological polar surface area (TPSA) is 12.0 Å². The van der Waals surface area contributed by atoms with Crippen LogP contribution in [-0.4, -0.2) is 12.6 Å². The molecular weight excluding hydrogens is 122 g/mol. The lowest BCUT2D eigenvalue weighted by molar-refractivity contribution is 0.322. The van der Waals surface area contributed by atoms with Gasteiger partial charge in [0.2, 0.25) is 0 Å². The van der Waals surface area contributed by atoms with E-state index in [0.717, 1.165) is 6.54 Å². The Hall–Kier alpha value is -0.0400. The zero-order valence-electron chi connectivity index (χ0n) is 7.99. The van der Waals surface area contributed by atoms with Crippen molar-refractivity contribution in [1.29, 1.82) is 0 Å². The third kappa shape index (κ3) is 6.09. The molecule has 1 N–H and O–H groups in total. The average molecular weight is 143 g/mol. The third-order valence-electron chi connectivity index (χ3n) is 1.47. The van der Waals surface area contributed by atoms with Crippen LogP contribution < -0.4 is 5.32 Å². The summed E-state index contributed by atoms with van der Waals surface area (Å²) >= 11 is 0. The van der Waals surface area contributed by atoms with Crippen molar-refractivity contribution in [2.45, 2.75) is 47.1 Å². The molecule has 0 radical (unpaired) electrons. The monoisotopic (exact) mass is 143 g/mol. The minimum absolute atomic E-state index is 0.460. The molecule has 0 bridgehead atoms. The highest BCUT2D eigenvalue weighted by molar-refractivity contribution is 4.69. The maximum Gasteiger partial charge on any atom is 0.00435 e. The SMILES string of the molecule is CCNC(C)CC(C)(C)C. The van der Waals surface area contributed by atoms with E-state index < -0.39 is 0 Å². The van der Waals surface area contributed by atoms with Gasteiger partial charge in [0.15, 0.2) is 0 Å². The fraction of sp³-hybridized carbons (Fsp3) is 1.00. The fourth-order valence-corrected chi connectivity index (χ4v) is 1.34.